The number of amidine groups is 1. The fourth-order valence-electron chi connectivity index (χ4n) is 4.70. The largest absolute Gasteiger partial charge is 0.396 e. The molecule has 1 atom stereocenters. The van der Waals surface area contributed by atoms with Crippen LogP contribution in [0.1, 0.15) is 25.3 Å². The van der Waals surface area contributed by atoms with Gasteiger partial charge in [0.25, 0.3) is 0 Å². The highest BCUT2D eigenvalue weighted by Crippen LogP contribution is 2.37. The van der Waals surface area contributed by atoms with Gasteiger partial charge in [0.15, 0.2) is 6.30 Å². The highest BCUT2D eigenvalue weighted by atomic mass is 19.1. The number of nitrogens with two attached hydrogens (primary N) is 2. The Morgan fingerprint density at radius 3 is 2.68 bits per heavy atom. The lowest BCUT2D eigenvalue weighted by Gasteiger charge is -2.42. The van der Waals surface area contributed by atoms with Crippen LogP contribution in [-0.2, 0) is 0 Å². The number of benzene rings is 2. The summed E-state index contributed by atoms with van der Waals surface area (Å²) in [7, 11) is 0. The zero-order chi connectivity index (χ0) is 23.7. The van der Waals surface area contributed by atoms with Crippen LogP contribution >= 0.6 is 0 Å². The molecule has 2 aromatic carbocycles. The number of halogens is 1. The number of hydrogen-bond donors (Lipinski definition) is 3. The van der Waals surface area contributed by atoms with Crippen LogP contribution in [0.3, 0.4) is 0 Å². The van der Waals surface area contributed by atoms with Gasteiger partial charge < -0.3 is 21.7 Å². The molecule has 6 nitrogen and oxygen atoms in total. The Morgan fingerprint density at radius 1 is 1.15 bits per heavy atom. The molecule has 34 heavy (non-hydrogen) atoms. The van der Waals surface area contributed by atoms with Gasteiger partial charge in [-0.15, -0.1) is 0 Å². The van der Waals surface area contributed by atoms with Crippen molar-refractivity contribution in [2.75, 3.05) is 6.54 Å². The van der Waals surface area contributed by atoms with Crippen molar-refractivity contribution in [2.24, 2.45) is 22.4 Å². The number of alkyl halides is 1. The second kappa shape index (κ2) is 9.27. The summed E-state index contributed by atoms with van der Waals surface area (Å²) in [5, 5.41) is 4.37. The third-order valence-electron chi connectivity index (χ3n) is 6.59. The van der Waals surface area contributed by atoms with Crippen molar-refractivity contribution in [3.63, 3.8) is 0 Å². The van der Waals surface area contributed by atoms with Crippen molar-refractivity contribution < 1.29 is 4.39 Å². The molecule has 1 aliphatic heterocycles. The van der Waals surface area contributed by atoms with Gasteiger partial charge in [-0.3, -0.25) is 0 Å². The Kier molecular flexibility index (Phi) is 6.02. The van der Waals surface area contributed by atoms with Crippen LogP contribution in [0.4, 0.5) is 4.39 Å². The molecule has 0 spiro atoms. The zero-order valence-corrected chi connectivity index (χ0v) is 19.2. The average molecular weight is 457 g/mol. The Balaban J connectivity index is 1.48. The normalized spacial score (nSPS) is 22.3. The van der Waals surface area contributed by atoms with E-state index in [1.807, 2.05) is 60.7 Å². The van der Waals surface area contributed by atoms with Crippen molar-refractivity contribution in [3.05, 3.63) is 84.3 Å². The van der Waals surface area contributed by atoms with Gasteiger partial charge in [0, 0.05) is 40.9 Å². The first-order chi connectivity index (χ1) is 16.5. The van der Waals surface area contributed by atoms with Crippen molar-refractivity contribution in [2.45, 2.75) is 32.1 Å². The average Bonchev–Trinajstić information content (AvgIpc) is 2.85. The molecule has 174 valence electrons. The monoisotopic (exact) mass is 456 g/mol. The van der Waals surface area contributed by atoms with Crippen molar-refractivity contribution >= 4 is 22.4 Å². The SMILES string of the molecule is CCNC1CC(C(F)N2C=CN=C(N)/C2=C(/N)c2ccc3ccc(-c4ccccc4)nc3c2)C1. The minimum absolute atomic E-state index is 0.0888. The number of nitrogens with one attached hydrogen (secondary N) is 1. The lowest BCUT2D eigenvalue weighted by atomic mass is 9.79. The summed E-state index contributed by atoms with van der Waals surface area (Å²) in [5.41, 5.74) is 17.1. The molecule has 1 fully saturated rings. The molecule has 0 radical (unpaired) electrons. The van der Waals surface area contributed by atoms with E-state index in [0.717, 1.165) is 47.1 Å². The van der Waals surface area contributed by atoms with Crippen molar-refractivity contribution in [1.82, 2.24) is 15.2 Å². The van der Waals surface area contributed by atoms with E-state index >= 15 is 4.39 Å². The predicted octanol–water partition coefficient (Wildman–Crippen LogP) is 4.36. The summed E-state index contributed by atoms with van der Waals surface area (Å²) in [6.45, 7) is 2.95. The van der Waals surface area contributed by atoms with Gasteiger partial charge in [0.05, 0.1) is 16.9 Å². The van der Waals surface area contributed by atoms with Crippen LogP contribution in [0.25, 0.3) is 27.9 Å². The second-order valence-electron chi connectivity index (χ2n) is 8.81. The number of rotatable bonds is 6. The number of nitrogens with zero attached hydrogens (tertiary/aromatic N) is 3. The van der Waals surface area contributed by atoms with Crippen LogP contribution in [-0.4, -0.2) is 34.6 Å². The third-order valence-corrected chi connectivity index (χ3v) is 6.59. The van der Waals surface area contributed by atoms with Crippen molar-refractivity contribution in [1.29, 1.82) is 0 Å². The Hall–Kier alpha value is -3.71. The number of hydrogen-bond acceptors (Lipinski definition) is 6. The number of fused-ring (bicyclic) bond motifs is 1. The van der Waals surface area contributed by atoms with E-state index < -0.39 is 6.30 Å². The van der Waals surface area contributed by atoms with Gasteiger partial charge in [-0.25, -0.2) is 14.4 Å². The predicted molar refractivity (Wildman–Crippen MR) is 136 cm³/mol. The summed E-state index contributed by atoms with van der Waals surface area (Å²) in [6.07, 6.45) is 3.48. The number of aromatic nitrogens is 1. The molecule has 5 rings (SSSR count). The molecule has 0 saturated heterocycles. The molecule has 0 amide bonds. The lowest BCUT2D eigenvalue weighted by molar-refractivity contribution is 0.0342. The first kappa shape index (κ1) is 22.1. The fourth-order valence-corrected chi connectivity index (χ4v) is 4.70. The minimum atomic E-state index is -1.22. The summed E-state index contributed by atoms with van der Waals surface area (Å²) >= 11 is 0. The number of aliphatic imine (C=N–C) groups is 1. The van der Waals surface area contributed by atoms with Crippen LogP contribution in [0.5, 0.6) is 0 Å². The minimum Gasteiger partial charge on any atom is -0.396 e. The van der Waals surface area contributed by atoms with E-state index in [1.165, 1.54) is 11.1 Å². The van der Waals surface area contributed by atoms with Crippen LogP contribution in [0.2, 0.25) is 0 Å². The molecular formula is C27H29FN6. The summed E-state index contributed by atoms with van der Waals surface area (Å²) in [4.78, 5) is 10.6. The van der Waals surface area contributed by atoms with E-state index in [9.17, 15) is 0 Å². The Labute approximate surface area is 198 Å². The van der Waals surface area contributed by atoms with Gasteiger partial charge in [0.1, 0.15) is 11.5 Å². The molecule has 7 heteroatoms. The topological polar surface area (TPSA) is 92.6 Å². The van der Waals surface area contributed by atoms with Gasteiger partial charge >= 0.3 is 0 Å². The highest BCUT2D eigenvalue weighted by molar-refractivity contribution is 6.04. The maximum absolute atomic E-state index is 15.6. The quantitative estimate of drug-likeness (QED) is 0.480. The van der Waals surface area contributed by atoms with E-state index in [2.05, 4.69) is 17.2 Å². The number of pyridine rings is 1. The zero-order valence-electron chi connectivity index (χ0n) is 19.2. The van der Waals surface area contributed by atoms with Crippen LogP contribution in [0.15, 0.2) is 83.8 Å². The van der Waals surface area contributed by atoms with Gasteiger partial charge in [0.2, 0.25) is 0 Å². The molecule has 1 unspecified atom stereocenters. The smallest absolute Gasteiger partial charge is 0.179 e. The van der Waals surface area contributed by atoms with Gasteiger partial charge in [-0.05, 0) is 31.5 Å². The molecular weight excluding hydrogens is 427 g/mol. The molecule has 0 bridgehead atoms. The van der Waals surface area contributed by atoms with Gasteiger partial charge in [-0.2, -0.15) is 0 Å². The maximum Gasteiger partial charge on any atom is 0.179 e. The highest BCUT2D eigenvalue weighted by Gasteiger charge is 2.39. The van der Waals surface area contributed by atoms with E-state index in [4.69, 9.17) is 16.5 Å². The second-order valence-corrected chi connectivity index (χ2v) is 8.81. The standard InChI is InChI=1S/C27H29FN6/c1-2-31-21-14-20(15-21)26(28)34-13-12-32-27(30)25(34)24(29)19-9-8-18-10-11-22(33-23(18)16-19)17-6-4-3-5-7-17/h3-13,16,20-21,26,31H,2,14-15,29H2,1H3,(H2,30,32)/b25-24-. The van der Waals surface area contributed by atoms with Crippen LogP contribution < -0.4 is 16.8 Å². The summed E-state index contributed by atoms with van der Waals surface area (Å²) < 4.78 is 15.6. The Morgan fingerprint density at radius 2 is 1.91 bits per heavy atom. The molecule has 3 aromatic rings. The van der Waals surface area contributed by atoms with E-state index in [0.29, 0.717) is 17.4 Å². The fraction of sp³-hybridized carbons (Fsp3) is 0.259. The third kappa shape index (κ3) is 4.15. The molecule has 5 N–H and O–H groups in total. The molecule has 1 aromatic heterocycles. The Bertz CT molecular complexity index is 1280. The first-order valence-corrected chi connectivity index (χ1v) is 11.7. The summed E-state index contributed by atoms with van der Waals surface area (Å²) in [6, 6.07) is 20.2. The maximum atomic E-state index is 15.6. The van der Waals surface area contributed by atoms with Crippen LogP contribution in [0, 0.1) is 5.92 Å². The first-order valence-electron chi connectivity index (χ1n) is 11.7. The van der Waals surface area contributed by atoms with E-state index in [1.54, 1.807) is 6.20 Å². The summed E-state index contributed by atoms with van der Waals surface area (Å²) in [5.74, 6) is 0.116. The molecule has 2 aliphatic rings. The van der Waals surface area contributed by atoms with Gasteiger partial charge in [-0.1, -0.05) is 55.5 Å². The lowest BCUT2D eigenvalue weighted by Crippen LogP contribution is -2.49. The molecule has 2 heterocycles. The molecule has 1 saturated carbocycles. The molecule has 1 aliphatic carbocycles. The van der Waals surface area contributed by atoms with Crippen molar-refractivity contribution in [3.8, 4) is 11.3 Å². The van der Waals surface area contributed by atoms with E-state index in [-0.39, 0.29) is 11.8 Å².